The maximum absolute atomic E-state index is 11.8. The predicted octanol–water partition coefficient (Wildman–Crippen LogP) is 1.35. The van der Waals surface area contributed by atoms with Crippen LogP contribution >= 0.6 is 0 Å². The molecule has 2 rings (SSSR count). The van der Waals surface area contributed by atoms with Gasteiger partial charge in [-0.05, 0) is 26.0 Å². The van der Waals surface area contributed by atoms with E-state index in [2.05, 4.69) is 20.5 Å². The summed E-state index contributed by atoms with van der Waals surface area (Å²) in [6, 6.07) is 3.46. The molecular weight excluding hydrogens is 216 g/mol. The first kappa shape index (κ1) is 11.3. The van der Waals surface area contributed by atoms with E-state index in [9.17, 15) is 4.79 Å². The van der Waals surface area contributed by atoms with E-state index >= 15 is 0 Å². The van der Waals surface area contributed by atoms with Gasteiger partial charge in [0.05, 0.1) is 6.20 Å². The maximum Gasteiger partial charge on any atom is 0.251 e. The first-order valence-corrected chi connectivity index (χ1v) is 5.36. The van der Waals surface area contributed by atoms with Crippen LogP contribution in [0.2, 0.25) is 0 Å². The van der Waals surface area contributed by atoms with Gasteiger partial charge < -0.3 is 5.32 Å². The number of carbonyl (C=O) groups excluding carboxylic acids is 1. The van der Waals surface area contributed by atoms with Gasteiger partial charge >= 0.3 is 0 Å². The Balaban J connectivity index is 2.01. The summed E-state index contributed by atoms with van der Waals surface area (Å²) >= 11 is 0. The Morgan fingerprint density at radius 1 is 1.47 bits per heavy atom. The largest absolute Gasteiger partial charge is 0.348 e. The molecule has 5 nitrogen and oxygen atoms in total. The third-order valence-electron chi connectivity index (χ3n) is 2.53. The number of hydrogen-bond donors (Lipinski definition) is 2. The SMILES string of the molecule is Cc1cc(C(=O)NCc2cn[nH]c2C)ccn1. The Morgan fingerprint density at radius 2 is 2.29 bits per heavy atom. The van der Waals surface area contributed by atoms with E-state index in [0.29, 0.717) is 12.1 Å². The summed E-state index contributed by atoms with van der Waals surface area (Å²) in [5.74, 6) is -0.101. The number of nitrogens with zero attached hydrogens (tertiary/aromatic N) is 2. The highest BCUT2D eigenvalue weighted by molar-refractivity contribution is 5.94. The Kier molecular flexibility index (Phi) is 3.18. The molecule has 0 saturated carbocycles. The molecular formula is C12H14N4O. The van der Waals surface area contributed by atoms with Crippen molar-refractivity contribution in [3.63, 3.8) is 0 Å². The molecule has 0 aliphatic carbocycles. The van der Waals surface area contributed by atoms with E-state index in [1.54, 1.807) is 24.5 Å². The van der Waals surface area contributed by atoms with Crippen LogP contribution in [0.1, 0.15) is 27.3 Å². The van der Waals surface area contributed by atoms with E-state index in [1.165, 1.54) is 0 Å². The predicted molar refractivity (Wildman–Crippen MR) is 63.5 cm³/mol. The molecule has 2 N–H and O–H groups in total. The molecule has 2 heterocycles. The highest BCUT2D eigenvalue weighted by Gasteiger charge is 2.07. The van der Waals surface area contributed by atoms with E-state index in [0.717, 1.165) is 17.0 Å². The first-order valence-electron chi connectivity index (χ1n) is 5.36. The number of hydrogen-bond acceptors (Lipinski definition) is 3. The molecule has 2 aromatic heterocycles. The number of carbonyl (C=O) groups is 1. The summed E-state index contributed by atoms with van der Waals surface area (Å²) < 4.78 is 0. The monoisotopic (exact) mass is 230 g/mol. The lowest BCUT2D eigenvalue weighted by atomic mass is 10.2. The Morgan fingerprint density at radius 3 is 2.94 bits per heavy atom. The number of nitrogens with one attached hydrogen (secondary N) is 2. The second kappa shape index (κ2) is 4.78. The van der Waals surface area contributed by atoms with Crippen molar-refractivity contribution >= 4 is 5.91 Å². The fourth-order valence-corrected chi connectivity index (χ4v) is 1.52. The van der Waals surface area contributed by atoms with Crippen LogP contribution in [0.15, 0.2) is 24.5 Å². The molecule has 0 aliphatic rings. The van der Waals surface area contributed by atoms with Crippen molar-refractivity contribution in [1.29, 1.82) is 0 Å². The van der Waals surface area contributed by atoms with Crippen molar-refractivity contribution in [2.24, 2.45) is 0 Å². The molecule has 5 heteroatoms. The molecule has 88 valence electrons. The molecule has 2 aromatic rings. The minimum atomic E-state index is -0.101. The molecule has 0 fully saturated rings. The minimum absolute atomic E-state index is 0.101. The van der Waals surface area contributed by atoms with Crippen LogP contribution in [-0.2, 0) is 6.54 Å². The van der Waals surface area contributed by atoms with Crippen LogP contribution < -0.4 is 5.32 Å². The third-order valence-corrected chi connectivity index (χ3v) is 2.53. The lowest BCUT2D eigenvalue weighted by Gasteiger charge is -2.04. The zero-order valence-electron chi connectivity index (χ0n) is 9.82. The van der Waals surface area contributed by atoms with Crippen molar-refractivity contribution in [2.75, 3.05) is 0 Å². The quantitative estimate of drug-likeness (QED) is 0.836. The second-order valence-corrected chi connectivity index (χ2v) is 3.89. The Labute approximate surface area is 99.3 Å². The van der Waals surface area contributed by atoms with E-state index < -0.39 is 0 Å². The van der Waals surface area contributed by atoms with Crippen molar-refractivity contribution in [3.05, 3.63) is 47.0 Å². The average Bonchev–Trinajstić information content (AvgIpc) is 2.72. The molecule has 0 saturated heterocycles. The number of pyridine rings is 1. The Hall–Kier alpha value is -2.17. The minimum Gasteiger partial charge on any atom is -0.348 e. The number of rotatable bonds is 3. The summed E-state index contributed by atoms with van der Waals surface area (Å²) in [6.45, 7) is 4.25. The fraction of sp³-hybridized carbons (Fsp3) is 0.250. The van der Waals surface area contributed by atoms with Gasteiger partial charge in [-0.15, -0.1) is 0 Å². The molecule has 17 heavy (non-hydrogen) atoms. The zero-order chi connectivity index (χ0) is 12.3. The van der Waals surface area contributed by atoms with Gasteiger partial charge in [-0.3, -0.25) is 14.9 Å². The summed E-state index contributed by atoms with van der Waals surface area (Å²) in [4.78, 5) is 15.9. The van der Waals surface area contributed by atoms with Crippen LogP contribution in [0.4, 0.5) is 0 Å². The third kappa shape index (κ3) is 2.69. The molecule has 0 atom stereocenters. The number of amides is 1. The Bertz CT molecular complexity index is 533. The van der Waals surface area contributed by atoms with Gasteiger partial charge in [0.25, 0.3) is 5.91 Å². The van der Waals surface area contributed by atoms with E-state index in [-0.39, 0.29) is 5.91 Å². The van der Waals surface area contributed by atoms with Gasteiger partial charge in [0.15, 0.2) is 0 Å². The summed E-state index contributed by atoms with van der Waals surface area (Å²) in [6.07, 6.45) is 3.35. The number of aryl methyl sites for hydroxylation is 2. The number of aromatic amines is 1. The van der Waals surface area contributed by atoms with E-state index in [1.807, 2.05) is 13.8 Å². The van der Waals surface area contributed by atoms with Gasteiger partial charge in [0.2, 0.25) is 0 Å². The average molecular weight is 230 g/mol. The molecule has 0 unspecified atom stereocenters. The summed E-state index contributed by atoms with van der Waals surface area (Å²) in [7, 11) is 0. The highest BCUT2D eigenvalue weighted by Crippen LogP contribution is 2.04. The van der Waals surface area contributed by atoms with Crippen LogP contribution in [0.3, 0.4) is 0 Å². The highest BCUT2D eigenvalue weighted by atomic mass is 16.1. The van der Waals surface area contributed by atoms with Gasteiger partial charge in [-0.1, -0.05) is 0 Å². The van der Waals surface area contributed by atoms with Crippen LogP contribution in [0.25, 0.3) is 0 Å². The first-order chi connectivity index (χ1) is 8.16. The van der Waals surface area contributed by atoms with E-state index in [4.69, 9.17) is 0 Å². The molecule has 0 bridgehead atoms. The fourth-order valence-electron chi connectivity index (χ4n) is 1.52. The van der Waals surface area contributed by atoms with Crippen LogP contribution in [-0.4, -0.2) is 21.1 Å². The van der Waals surface area contributed by atoms with Crippen molar-refractivity contribution < 1.29 is 4.79 Å². The van der Waals surface area contributed by atoms with Gasteiger partial charge in [0, 0.05) is 35.3 Å². The zero-order valence-corrected chi connectivity index (χ0v) is 9.82. The number of aromatic nitrogens is 3. The topological polar surface area (TPSA) is 70.7 Å². The smallest absolute Gasteiger partial charge is 0.251 e. The number of H-pyrrole nitrogens is 1. The van der Waals surface area contributed by atoms with Crippen LogP contribution in [0.5, 0.6) is 0 Å². The van der Waals surface area contributed by atoms with Crippen molar-refractivity contribution in [2.45, 2.75) is 20.4 Å². The molecule has 0 spiro atoms. The van der Waals surface area contributed by atoms with Gasteiger partial charge in [-0.2, -0.15) is 5.10 Å². The molecule has 1 amide bonds. The molecule has 0 radical (unpaired) electrons. The summed E-state index contributed by atoms with van der Waals surface area (Å²) in [5.41, 5.74) is 3.41. The molecule has 0 aliphatic heterocycles. The molecule has 0 aromatic carbocycles. The van der Waals surface area contributed by atoms with Gasteiger partial charge in [-0.25, -0.2) is 0 Å². The normalized spacial score (nSPS) is 10.2. The van der Waals surface area contributed by atoms with Crippen molar-refractivity contribution in [1.82, 2.24) is 20.5 Å². The lowest BCUT2D eigenvalue weighted by Crippen LogP contribution is -2.23. The maximum atomic E-state index is 11.8. The van der Waals surface area contributed by atoms with Crippen molar-refractivity contribution in [3.8, 4) is 0 Å². The standard InChI is InChI=1S/C12H14N4O/c1-8-5-10(3-4-13-8)12(17)14-6-11-7-15-16-9(11)2/h3-5,7H,6H2,1-2H3,(H,14,17)(H,15,16). The second-order valence-electron chi connectivity index (χ2n) is 3.89. The summed E-state index contributed by atoms with van der Waals surface area (Å²) in [5, 5.41) is 9.57. The lowest BCUT2D eigenvalue weighted by molar-refractivity contribution is 0.0950. The van der Waals surface area contributed by atoms with Crippen LogP contribution in [0, 0.1) is 13.8 Å². The van der Waals surface area contributed by atoms with Gasteiger partial charge in [0.1, 0.15) is 0 Å².